The SMILES string of the molecule is Cn1nccc1C=C1C(=O)N(c2ccccc2)N=C1c1ccccc1. The van der Waals surface area contributed by atoms with Crippen molar-refractivity contribution in [3.8, 4) is 0 Å². The van der Waals surface area contributed by atoms with Crippen molar-refractivity contribution >= 4 is 23.4 Å². The van der Waals surface area contributed by atoms with Crippen LogP contribution in [0.25, 0.3) is 6.08 Å². The highest BCUT2D eigenvalue weighted by Gasteiger charge is 2.32. The van der Waals surface area contributed by atoms with Gasteiger partial charge in [-0.15, -0.1) is 0 Å². The summed E-state index contributed by atoms with van der Waals surface area (Å²) < 4.78 is 1.73. The van der Waals surface area contributed by atoms with Crippen LogP contribution in [0.15, 0.2) is 83.6 Å². The number of aromatic nitrogens is 2. The van der Waals surface area contributed by atoms with E-state index in [1.165, 1.54) is 5.01 Å². The Morgan fingerprint density at radius 2 is 1.60 bits per heavy atom. The molecule has 0 saturated heterocycles. The highest BCUT2D eigenvalue weighted by atomic mass is 16.2. The Bertz CT molecular complexity index is 971. The van der Waals surface area contributed by atoms with Gasteiger partial charge in [0.2, 0.25) is 0 Å². The van der Waals surface area contributed by atoms with Crippen molar-refractivity contribution < 1.29 is 4.79 Å². The van der Waals surface area contributed by atoms with E-state index in [4.69, 9.17) is 0 Å². The molecule has 1 aliphatic heterocycles. The van der Waals surface area contributed by atoms with Gasteiger partial charge in [0, 0.05) is 18.8 Å². The summed E-state index contributed by atoms with van der Waals surface area (Å²) in [5, 5.41) is 10.2. The van der Waals surface area contributed by atoms with Gasteiger partial charge < -0.3 is 0 Å². The molecule has 4 rings (SSSR count). The first-order valence-corrected chi connectivity index (χ1v) is 7.97. The number of hydrazone groups is 1. The van der Waals surface area contributed by atoms with Gasteiger partial charge in [-0.05, 0) is 24.3 Å². The fourth-order valence-electron chi connectivity index (χ4n) is 2.77. The molecule has 5 nitrogen and oxygen atoms in total. The van der Waals surface area contributed by atoms with Crippen LogP contribution in [0, 0.1) is 0 Å². The molecular formula is C20H16N4O. The Labute approximate surface area is 145 Å². The van der Waals surface area contributed by atoms with Crippen LogP contribution >= 0.6 is 0 Å². The lowest BCUT2D eigenvalue weighted by atomic mass is 10.0. The van der Waals surface area contributed by atoms with E-state index < -0.39 is 0 Å². The average Bonchev–Trinajstić information content (AvgIpc) is 3.21. The summed E-state index contributed by atoms with van der Waals surface area (Å²) in [7, 11) is 1.85. The normalized spacial score (nSPS) is 15.7. The van der Waals surface area contributed by atoms with Crippen LogP contribution in [-0.4, -0.2) is 21.4 Å². The number of aryl methyl sites for hydroxylation is 1. The van der Waals surface area contributed by atoms with E-state index in [-0.39, 0.29) is 5.91 Å². The first kappa shape index (κ1) is 15.1. The highest BCUT2D eigenvalue weighted by Crippen LogP contribution is 2.27. The predicted molar refractivity (Wildman–Crippen MR) is 98.1 cm³/mol. The molecule has 0 unspecified atom stereocenters. The van der Waals surface area contributed by atoms with Gasteiger partial charge in [0.05, 0.1) is 17.0 Å². The van der Waals surface area contributed by atoms with Gasteiger partial charge in [0.25, 0.3) is 5.91 Å². The standard InChI is InChI=1S/C20H16N4O/c1-23-17(12-13-21-23)14-18-19(15-8-4-2-5-9-15)22-24(20(18)25)16-10-6-3-7-11-16/h2-14H,1H3. The summed E-state index contributed by atoms with van der Waals surface area (Å²) in [4.78, 5) is 13.0. The van der Waals surface area contributed by atoms with Gasteiger partial charge in [-0.2, -0.15) is 15.2 Å². The van der Waals surface area contributed by atoms with Gasteiger partial charge in [-0.1, -0.05) is 48.5 Å². The minimum atomic E-state index is -0.147. The van der Waals surface area contributed by atoms with Crippen molar-refractivity contribution in [2.75, 3.05) is 5.01 Å². The predicted octanol–water partition coefficient (Wildman–Crippen LogP) is 3.25. The van der Waals surface area contributed by atoms with Gasteiger partial charge in [0.1, 0.15) is 5.71 Å². The maximum absolute atomic E-state index is 13.0. The smallest absolute Gasteiger partial charge is 0.269 e. The van der Waals surface area contributed by atoms with Crippen LogP contribution < -0.4 is 5.01 Å². The molecule has 5 heteroatoms. The summed E-state index contributed by atoms with van der Waals surface area (Å²) in [6, 6.07) is 21.0. The van der Waals surface area contributed by atoms with Crippen LogP contribution in [0.1, 0.15) is 11.3 Å². The van der Waals surface area contributed by atoms with Crippen molar-refractivity contribution in [1.82, 2.24) is 9.78 Å². The molecule has 0 radical (unpaired) electrons. The van der Waals surface area contributed by atoms with Crippen LogP contribution in [0.4, 0.5) is 5.69 Å². The van der Waals surface area contributed by atoms with Crippen LogP contribution in [0.2, 0.25) is 0 Å². The second-order valence-electron chi connectivity index (χ2n) is 5.70. The Morgan fingerprint density at radius 1 is 0.920 bits per heavy atom. The van der Waals surface area contributed by atoms with Gasteiger partial charge >= 0.3 is 0 Å². The van der Waals surface area contributed by atoms with Crippen molar-refractivity contribution in [3.63, 3.8) is 0 Å². The minimum Gasteiger partial charge on any atom is -0.269 e. The topological polar surface area (TPSA) is 50.5 Å². The molecule has 0 aliphatic carbocycles. The van der Waals surface area contributed by atoms with E-state index in [2.05, 4.69) is 10.2 Å². The molecule has 0 atom stereocenters. The van der Waals surface area contributed by atoms with Crippen LogP contribution in [-0.2, 0) is 11.8 Å². The van der Waals surface area contributed by atoms with Crippen molar-refractivity contribution in [2.45, 2.75) is 0 Å². The summed E-state index contributed by atoms with van der Waals surface area (Å²) in [5.41, 5.74) is 3.72. The largest absolute Gasteiger partial charge is 0.281 e. The van der Waals surface area contributed by atoms with Gasteiger partial charge in [-0.25, -0.2) is 0 Å². The molecule has 0 bridgehead atoms. The van der Waals surface area contributed by atoms with Crippen molar-refractivity contribution in [3.05, 3.63) is 89.8 Å². The second-order valence-corrected chi connectivity index (χ2v) is 5.70. The molecule has 2 heterocycles. The molecule has 1 aliphatic rings. The van der Waals surface area contributed by atoms with E-state index in [1.807, 2.05) is 79.9 Å². The molecule has 25 heavy (non-hydrogen) atoms. The first-order valence-electron chi connectivity index (χ1n) is 7.97. The van der Waals surface area contributed by atoms with E-state index in [0.717, 1.165) is 16.9 Å². The van der Waals surface area contributed by atoms with Gasteiger partial charge in [-0.3, -0.25) is 9.48 Å². The third-order valence-electron chi connectivity index (χ3n) is 4.08. The number of rotatable bonds is 3. The maximum atomic E-state index is 13.0. The minimum absolute atomic E-state index is 0.147. The fraction of sp³-hybridized carbons (Fsp3) is 0.0500. The number of amides is 1. The molecule has 0 spiro atoms. The molecule has 2 aromatic carbocycles. The lowest BCUT2D eigenvalue weighted by Gasteiger charge is -2.10. The molecule has 1 amide bonds. The molecule has 0 saturated carbocycles. The average molecular weight is 328 g/mol. The monoisotopic (exact) mass is 328 g/mol. The maximum Gasteiger partial charge on any atom is 0.281 e. The van der Waals surface area contributed by atoms with E-state index >= 15 is 0 Å². The third kappa shape index (κ3) is 2.76. The Kier molecular flexibility index (Phi) is 3.74. The summed E-state index contributed by atoms with van der Waals surface area (Å²) in [6.45, 7) is 0. The molecule has 1 aromatic heterocycles. The summed E-state index contributed by atoms with van der Waals surface area (Å²) in [5.74, 6) is -0.147. The Morgan fingerprint density at radius 3 is 2.24 bits per heavy atom. The van der Waals surface area contributed by atoms with E-state index in [0.29, 0.717) is 11.3 Å². The zero-order valence-electron chi connectivity index (χ0n) is 13.7. The number of benzene rings is 2. The van der Waals surface area contributed by atoms with Crippen LogP contribution in [0.3, 0.4) is 0 Å². The Hall–Kier alpha value is -3.47. The quantitative estimate of drug-likeness (QED) is 0.693. The molecule has 0 fully saturated rings. The first-order chi connectivity index (χ1) is 12.2. The second kappa shape index (κ2) is 6.20. The fourth-order valence-corrected chi connectivity index (χ4v) is 2.77. The number of carbonyl (C=O) groups excluding carboxylic acids is 1. The van der Waals surface area contributed by atoms with Crippen molar-refractivity contribution in [2.24, 2.45) is 12.1 Å². The molecule has 3 aromatic rings. The lowest BCUT2D eigenvalue weighted by Crippen LogP contribution is -2.21. The zero-order valence-corrected chi connectivity index (χ0v) is 13.7. The number of para-hydroxylation sites is 1. The highest BCUT2D eigenvalue weighted by molar-refractivity contribution is 6.37. The summed E-state index contributed by atoms with van der Waals surface area (Å²) in [6.07, 6.45) is 3.55. The third-order valence-corrected chi connectivity index (χ3v) is 4.08. The van der Waals surface area contributed by atoms with Gasteiger partial charge in [0.15, 0.2) is 0 Å². The number of hydrogen-bond acceptors (Lipinski definition) is 3. The zero-order chi connectivity index (χ0) is 17.2. The Balaban J connectivity index is 1.85. The number of anilines is 1. The lowest BCUT2D eigenvalue weighted by molar-refractivity contribution is -0.114. The van der Waals surface area contributed by atoms with E-state index in [1.54, 1.807) is 10.9 Å². The number of hydrogen-bond donors (Lipinski definition) is 0. The van der Waals surface area contributed by atoms with E-state index in [9.17, 15) is 4.79 Å². The summed E-state index contributed by atoms with van der Waals surface area (Å²) >= 11 is 0. The molecular weight excluding hydrogens is 312 g/mol. The van der Waals surface area contributed by atoms with Crippen molar-refractivity contribution in [1.29, 1.82) is 0 Å². The molecule has 122 valence electrons. The number of carbonyl (C=O) groups is 1. The molecule has 0 N–H and O–H groups in total. The number of nitrogens with zero attached hydrogens (tertiary/aromatic N) is 4. The van der Waals surface area contributed by atoms with Crippen LogP contribution in [0.5, 0.6) is 0 Å².